The fraction of sp³-hybridized carbons (Fsp3) is 0.667. The van der Waals surface area contributed by atoms with E-state index in [2.05, 4.69) is 47.0 Å². The lowest BCUT2D eigenvalue weighted by Gasteiger charge is -2.61. The maximum Gasteiger partial charge on any atom is 0.156 e. The minimum atomic E-state index is 0.263. The zero-order valence-electron chi connectivity index (χ0n) is 15.9. The Morgan fingerprint density at radius 3 is 2.69 bits per heavy atom. The number of nitrogens with two attached hydrogens (primary N) is 1. The van der Waals surface area contributed by atoms with Crippen LogP contribution >= 0.6 is 23.7 Å². The van der Waals surface area contributed by atoms with Gasteiger partial charge in [-0.25, -0.2) is 13.8 Å². The van der Waals surface area contributed by atoms with Gasteiger partial charge in [0.05, 0.1) is 0 Å². The summed E-state index contributed by atoms with van der Waals surface area (Å²) in [6.45, 7) is 12.0. The molecule has 1 spiro atoms. The van der Waals surface area contributed by atoms with Gasteiger partial charge < -0.3 is 4.90 Å². The van der Waals surface area contributed by atoms with Gasteiger partial charge in [-0.2, -0.15) is 5.10 Å². The Balaban J connectivity index is 1.43. The summed E-state index contributed by atoms with van der Waals surface area (Å²) in [5.74, 6) is 0.998. The highest BCUT2D eigenvalue weighted by atomic mass is 35.5. The SMILES string of the molecule is Cc1cc(Cl)n2ncnc(N3CC4(CC(N(CC(C)(C)C)SN)C4)C3)c12. The predicted molar refractivity (Wildman–Crippen MR) is 108 cm³/mol. The maximum atomic E-state index is 6.27. The van der Waals surface area contributed by atoms with E-state index in [-0.39, 0.29) is 5.41 Å². The molecule has 0 atom stereocenters. The maximum absolute atomic E-state index is 6.27. The highest BCUT2D eigenvalue weighted by molar-refractivity contribution is 7.94. The van der Waals surface area contributed by atoms with Crippen molar-refractivity contribution < 1.29 is 0 Å². The first kappa shape index (κ1) is 18.3. The number of rotatable bonds is 4. The van der Waals surface area contributed by atoms with Crippen LogP contribution in [0.2, 0.25) is 5.15 Å². The molecule has 142 valence electrons. The van der Waals surface area contributed by atoms with E-state index in [0.29, 0.717) is 16.6 Å². The van der Waals surface area contributed by atoms with Crippen LogP contribution in [-0.2, 0) is 0 Å². The van der Waals surface area contributed by atoms with E-state index in [1.807, 2.05) is 6.07 Å². The van der Waals surface area contributed by atoms with Crippen molar-refractivity contribution in [2.75, 3.05) is 24.5 Å². The monoisotopic (exact) mass is 394 g/mol. The van der Waals surface area contributed by atoms with Crippen LogP contribution in [-0.4, -0.2) is 44.6 Å². The summed E-state index contributed by atoms with van der Waals surface area (Å²) < 4.78 is 4.15. The normalized spacial score (nSPS) is 20.0. The summed E-state index contributed by atoms with van der Waals surface area (Å²) in [4.78, 5) is 6.91. The molecule has 2 N–H and O–H groups in total. The summed E-state index contributed by atoms with van der Waals surface area (Å²) in [6.07, 6.45) is 4.02. The highest BCUT2D eigenvalue weighted by Crippen LogP contribution is 2.52. The summed E-state index contributed by atoms with van der Waals surface area (Å²) >= 11 is 7.67. The van der Waals surface area contributed by atoms with Gasteiger partial charge in [0.2, 0.25) is 0 Å². The van der Waals surface area contributed by atoms with Crippen LogP contribution in [0.15, 0.2) is 12.4 Å². The quantitative estimate of drug-likeness (QED) is 0.800. The van der Waals surface area contributed by atoms with Gasteiger partial charge in [-0.15, -0.1) is 0 Å². The molecule has 1 saturated carbocycles. The molecule has 2 fully saturated rings. The highest BCUT2D eigenvalue weighted by Gasteiger charge is 2.54. The molecular formula is C18H27ClN6S. The van der Waals surface area contributed by atoms with Crippen molar-refractivity contribution in [2.24, 2.45) is 16.0 Å². The molecule has 6 nitrogen and oxygen atoms in total. The summed E-state index contributed by atoms with van der Waals surface area (Å²) in [5, 5.41) is 10.9. The fourth-order valence-corrected chi connectivity index (χ4v) is 5.50. The molecule has 3 heterocycles. The third kappa shape index (κ3) is 3.09. The minimum Gasteiger partial charge on any atom is -0.354 e. The Morgan fingerprint density at radius 1 is 1.38 bits per heavy atom. The molecule has 0 amide bonds. The summed E-state index contributed by atoms with van der Waals surface area (Å²) in [7, 11) is 0. The largest absolute Gasteiger partial charge is 0.354 e. The van der Waals surface area contributed by atoms with Crippen LogP contribution in [0.3, 0.4) is 0 Å². The van der Waals surface area contributed by atoms with Crippen molar-refractivity contribution in [3.8, 4) is 0 Å². The van der Waals surface area contributed by atoms with Crippen molar-refractivity contribution in [1.29, 1.82) is 0 Å². The molecule has 1 saturated heterocycles. The van der Waals surface area contributed by atoms with E-state index in [1.54, 1.807) is 10.8 Å². The zero-order chi connectivity index (χ0) is 18.7. The van der Waals surface area contributed by atoms with Gasteiger partial charge in [0.15, 0.2) is 5.82 Å². The number of aromatic nitrogens is 3. The molecule has 2 aliphatic rings. The number of anilines is 1. The van der Waals surface area contributed by atoms with Gasteiger partial charge in [0.1, 0.15) is 17.0 Å². The number of hydrogen-bond donors (Lipinski definition) is 1. The minimum absolute atomic E-state index is 0.263. The van der Waals surface area contributed by atoms with Crippen molar-refractivity contribution in [1.82, 2.24) is 18.9 Å². The molecule has 4 rings (SSSR count). The number of fused-ring (bicyclic) bond motifs is 1. The summed E-state index contributed by atoms with van der Waals surface area (Å²) in [5.41, 5.74) is 2.83. The number of halogens is 1. The average molecular weight is 395 g/mol. The second-order valence-corrected chi connectivity index (χ2v) is 10.2. The fourth-order valence-electron chi connectivity index (χ4n) is 4.43. The Bertz CT molecular complexity index is 815. The van der Waals surface area contributed by atoms with Crippen LogP contribution in [0.5, 0.6) is 0 Å². The Kier molecular flexibility index (Phi) is 4.42. The smallest absolute Gasteiger partial charge is 0.156 e. The Hall–Kier alpha value is -1.02. The van der Waals surface area contributed by atoms with Crippen molar-refractivity contribution >= 4 is 35.1 Å². The third-order valence-corrected chi connectivity index (χ3v) is 6.51. The summed E-state index contributed by atoms with van der Waals surface area (Å²) in [6, 6.07) is 2.54. The van der Waals surface area contributed by atoms with Crippen molar-refractivity contribution in [3.63, 3.8) is 0 Å². The first-order chi connectivity index (χ1) is 12.2. The van der Waals surface area contributed by atoms with Crippen LogP contribution in [0.1, 0.15) is 39.2 Å². The third-order valence-electron chi connectivity index (χ3n) is 5.54. The number of aryl methyl sites for hydroxylation is 1. The molecule has 2 aromatic rings. The first-order valence-corrected chi connectivity index (χ1v) is 10.3. The molecule has 1 aliphatic carbocycles. The lowest BCUT2D eigenvalue weighted by atomic mass is 9.60. The molecule has 26 heavy (non-hydrogen) atoms. The molecule has 2 aromatic heterocycles. The average Bonchev–Trinajstić information content (AvgIpc) is 2.77. The van der Waals surface area contributed by atoms with Gasteiger partial charge in [0, 0.05) is 43.2 Å². The molecule has 0 aromatic carbocycles. The van der Waals surface area contributed by atoms with E-state index < -0.39 is 0 Å². The van der Waals surface area contributed by atoms with Crippen molar-refractivity contribution in [3.05, 3.63) is 23.1 Å². The van der Waals surface area contributed by atoms with E-state index in [0.717, 1.165) is 36.5 Å². The Morgan fingerprint density at radius 2 is 2.08 bits per heavy atom. The first-order valence-electron chi connectivity index (χ1n) is 9.09. The number of nitrogens with zero attached hydrogens (tertiary/aromatic N) is 5. The molecule has 0 unspecified atom stereocenters. The molecule has 0 bridgehead atoms. The van der Waals surface area contributed by atoms with E-state index >= 15 is 0 Å². The van der Waals surface area contributed by atoms with Gasteiger partial charge >= 0.3 is 0 Å². The van der Waals surface area contributed by atoms with E-state index in [9.17, 15) is 0 Å². The lowest BCUT2D eigenvalue weighted by molar-refractivity contribution is 0.00913. The van der Waals surface area contributed by atoms with Gasteiger partial charge in [-0.3, -0.25) is 5.14 Å². The van der Waals surface area contributed by atoms with E-state index in [1.165, 1.54) is 25.0 Å². The van der Waals surface area contributed by atoms with Gasteiger partial charge in [-0.05, 0) is 36.8 Å². The topological polar surface area (TPSA) is 62.7 Å². The second kappa shape index (κ2) is 6.26. The van der Waals surface area contributed by atoms with Gasteiger partial charge in [-0.1, -0.05) is 32.4 Å². The Labute approximate surface area is 164 Å². The molecule has 8 heteroatoms. The van der Waals surface area contributed by atoms with Crippen LogP contribution in [0.4, 0.5) is 5.82 Å². The molecular weight excluding hydrogens is 368 g/mol. The second-order valence-electron chi connectivity index (χ2n) is 9.15. The molecule has 1 aliphatic heterocycles. The van der Waals surface area contributed by atoms with Crippen LogP contribution in [0, 0.1) is 17.8 Å². The van der Waals surface area contributed by atoms with Crippen LogP contribution in [0.25, 0.3) is 5.52 Å². The predicted octanol–water partition coefficient (Wildman–Crippen LogP) is 3.53. The van der Waals surface area contributed by atoms with E-state index in [4.69, 9.17) is 16.7 Å². The lowest BCUT2D eigenvalue weighted by Crippen LogP contribution is -2.66. The zero-order valence-corrected chi connectivity index (χ0v) is 17.4. The molecule has 0 radical (unpaired) electrons. The standard InChI is InChI=1S/C18H27ClN6S/c1-12-5-14(19)25-15(12)16(21-11-22-25)23-9-18(10-23)6-13(7-18)24(26-20)8-17(2,3)4/h5,11,13H,6-10,20H2,1-4H3. The van der Waals surface area contributed by atoms with Crippen LogP contribution < -0.4 is 10.0 Å². The van der Waals surface area contributed by atoms with Gasteiger partial charge in [0.25, 0.3) is 0 Å². The number of hydrogen-bond acceptors (Lipinski definition) is 6. The van der Waals surface area contributed by atoms with Crippen molar-refractivity contribution in [2.45, 2.75) is 46.6 Å².